The molecular formula is C17H31N3. The van der Waals surface area contributed by atoms with E-state index in [1.165, 1.54) is 38.8 Å². The van der Waals surface area contributed by atoms with Crippen LogP contribution in [0.25, 0.3) is 0 Å². The number of nitrogens with zero attached hydrogens (tertiary/aromatic N) is 2. The first kappa shape index (κ1) is 15.8. The molecule has 3 nitrogen and oxygen atoms in total. The third-order valence-electron chi connectivity index (χ3n) is 5.11. The van der Waals surface area contributed by atoms with Crippen molar-refractivity contribution in [3.8, 4) is 6.07 Å². The van der Waals surface area contributed by atoms with E-state index in [4.69, 9.17) is 0 Å². The molecule has 0 radical (unpaired) electrons. The predicted molar refractivity (Wildman–Crippen MR) is 83.5 cm³/mol. The molecule has 2 unspecified atom stereocenters. The van der Waals surface area contributed by atoms with Crippen molar-refractivity contribution in [3.05, 3.63) is 0 Å². The molecule has 1 saturated heterocycles. The van der Waals surface area contributed by atoms with Gasteiger partial charge in [0.05, 0.1) is 6.07 Å². The van der Waals surface area contributed by atoms with Crippen molar-refractivity contribution >= 4 is 0 Å². The lowest BCUT2D eigenvalue weighted by Crippen LogP contribution is -2.45. The molecule has 2 rings (SSSR count). The molecule has 114 valence electrons. The van der Waals surface area contributed by atoms with Crippen LogP contribution in [0.1, 0.15) is 65.7 Å². The summed E-state index contributed by atoms with van der Waals surface area (Å²) in [7, 11) is 0. The van der Waals surface area contributed by atoms with E-state index in [1.54, 1.807) is 0 Å². The smallest absolute Gasteiger partial charge is 0.106 e. The Kier molecular flexibility index (Phi) is 5.46. The van der Waals surface area contributed by atoms with Crippen molar-refractivity contribution in [3.63, 3.8) is 0 Å². The van der Waals surface area contributed by atoms with Gasteiger partial charge in [-0.3, -0.25) is 5.32 Å². The van der Waals surface area contributed by atoms with Gasteiger partial charge in [-0.1, -0.05) is 20.8 Å². The van der Waals surface area contributed by atoms with Gasteiger partial charge >= 0.3 is 0 Å². The lowest BCUT2D eigenvalue weighted by molar-refractivity contribution is 0.196. The number of likely N-dealkylation sites (tertiary alicyclic amines) is 1. The summed E-state index contributed by atoms with van der Waals surface area (Å²) in [5.74, 6) is 0.758. The van der Waals surface area contributed by atoms with E-state index in [1.807, 2.05) is 0 Å². The Morgan fingerprint density at radius 2 is 2.10 bits per heavy atom. The highest BCUT2D eigenvalue weighted by Crippen LogP contribution is 2.28. The summed E-state index contributed by atoms with van der Waals surface area (Å²) in [5, 5.41) is 13.1. The second-order valence-corrected chi connectivity index (χ2v) is 7.06. The standard InChI is InChI=1S/C17H31N3/c1-4-17(13-18,19-15-8-9-15)10-6-12-20-11-5-7-16(20)14(2)3/h14-16,19H,4-12H2,1-3H3. The van der Waals surface area contributed by atoms with Crippen LogP contribution in [0.3, 0.4) is 0 Å². The molecule has 2 aliphatic rings. The van der Waals surface area contributed by atoms with Gasteiger partial charge in [-0.25, -0.2) is 0 Å². The summed E-state index contributed by atoms with van der Waals surface area (Å²) >= 11 is 0. The molecule has 1 heterocycles. The van der Waals surface area contributed by atoms with Crippen LogP contribution in [0.2, 0.25) is 0 Å². The third kappa shape index (κ3) is 3.96. The fourth-order valence-corrected chi connectivity index (χ4v) is 3.61. The monoisotopic (exact) mass is 277 g/mol. The zero-order valence-electron chi connectivity index (χ0n) is 13.5. The third-order valence-corrected chi connectivity index (χ3v) is 5.11. The molecule has 2 fully saturated rings. The van der Waals surface area contributed by atoms with Crippen molar-refractivity contribution < 1.29 is 0 Å². The van der Waals surface area contributed by atoms with Crippen LogP contribution in [0.5, 0.6) is 0 Å². The van der Waals surface area contributed by atoms with Crippen LogP contribution in [0.15, 0.2) is 0 Å². The number of nitriles is 1. The zero-order valence-corrected chi connectivity index (χ0v) is 13.5. The van der Waals surface area contributed by atoms with Gasteiger partial charge in [0.2, 0.25) is 0 Å². The molecule has 2 atom stereocenters. The Hall–Kier alpha value is -0.590. The van der Waals surface area contributed by atoms with Crippen LogP contribution < -0.4 is 5.32 Å². The normalized spacial score (nSPS) is 26.6. The molecule has 0 aromatic rings. The summed E-state index contributed by atoms with van der Waals surface area (Å²) in [5.41, 5.74) is -0.270. The van der Waals surface area contributed by atoms with E-state index in [9.17, 15) is 5.26 Å². The summed E-state index contributed by atoms with van der Waals surface area (Å²) in [6, 6.07) is 3.95. The molecule has 1 aliphatic carbocycles. The predicted octanol–water partition coefficient (Wildman–Crippen LogP) is 3.31. The largest absolute Gasteiger partial charge is 0.300 e. The average molecular weight is 277 g/mol. The Morgan fingerprint density at radius 1 is 1.35 bits per heavy atom. The van der Waals surface area contributed by atoms with Gasteiger partial charge in [-0.15, -0.1) is 0 Å². The Balaban J connectivity index is 1.79. The molecule has 0 aromatic heterocycles. The molecule has 1 N–H and O–H groups in total. The van der Waals surface area contributed by atoms with Crippen LogP contribution >= 0.6 is 0 Å². The summed E-state index contributed by atoms with van der Waals surface area (Å²) in [4.78, 5) is 2.65. The maximum Gasteiger partial charge on any atom is 0.106 e. The minimum atomic E-state index is -0.270. The SMILES string of the molecule is CCC(C#N)(CCCN1CCCC1C(C)C)NC1CC1. The topological polar surface area (TPSA) is 39.1 Å². The van der Waals surface area contributed by atoms with Gasteiger partial charge in [0, 0.05) is 12.1 Å². The minimum Gasteiger partial charge on any atom is -0.300 e. The molecule has 1 aliphatic heterocycles. The second kappa shape index (κ2) is 6.91. The molecule has 0 amide bonds. The summed E-state index contributed by atoms with van der Waals surface area (Å²) < 4.78 is 0. The maximum atomic E-state index is 9.56. The average Bonchev–Trinajstić information content (AvgIpc) is 3.12. The molecule has 0 spiro atoms. The Morgan fingerprint density at radius 3 is 2.65 bits per heavy atom. The second-order valence-electron chi connectivity index (χ2n) is 7.06. The first-order valence-corrected chi connectivity index (χ1v) is 8.53. The fourth-order valence-electron chi connectivity index (χ4n) is 3.61. The number of rotatable bonds is 8. The first-order valence-electron chi connectivity index (χ1n) is 8.53. The maximum absolute atomic E-state index is 9.56. The van der Waals surface area contributed by atoms with Gasteiger partial charge in [-0.2, -0.15) is 5.26 Å². The van der Waals surface area contributed by atoms with Gasteiger partial charge in [-0.05, 0) is 64.0 Å². The molecule has 0 bridgehead atoms. The molecule has 3 heteroatoms. The lowest BCUT2D eigenvalue weighted by Gasteiger charge is -2.30. The van der Waals surface area contributed by atoms with Gasteiger partial charge < -0.3 is 4.90 Å². The number of hydrogen-bond donors (Lipinski definition) is 1. The van der Waals surface area contributed by atoms with E-state index in [-0.39, 0.29) is 5.54 Å². The highest BCUT2D eigenvalue weighted by atomic mass is 15.2. The van der Waals surface area contributed by atoms with Crippen LogP contribution in [0.4, 0.5) is 0 Å². The first-order chi connectivity index (χ1) is 9.60. The molecule has 20 heavy (non-hydrogen) atoms. The molecule has 0 aromatic carbocycles. The van der Waals surface area contributed by atoms with E-state index in [0.29, 0.717) is 6.04 Å². The van der Waals surface area contributed by atoms with Crippen molar-refractivity contribution in [1.82, 2.24) is 10.2 Å². The van der Waals surface area contributed by atoms with E-state index in [2.05, 4.69) is 37.1 Å². The van der Waals surface area contributed by atoms with Crippen LogP contribution in [-0.4, -0.2) is 35.6 Å². The van der Waals surface area contributed by atoms with Crippen molar-refractivity contribution in [1.29, 1.82) is 5.26 Å². The molecular weight excluding hydrogens is 246 g/mol. The highest BCUT2D eigenvalue weighted by Gasteiger charge is 2.35. The van der Waals surface area contributed by atoms with Gasteiger partial charge in [0.1, 0.15) is 5.54 Å². The van der Waals surface area contributed by atoms with Crippen LogP contribution in [-0.2, 0) is 0 Å². The van der Waals surface area contributed by atoms with E-state index < -0.39 is 0 Å². The molecule has 1 saturated carbocycles. The minimum absolute atomic E-state index is 0.270. The van der Waals surface area contributed by atoms with Crippen molar-refractivity contribution in [2.24, 2.45) is 5.92 Å². The fraction of sp³-hybridized carbons (Fsp3) is 0.941. The van der Waals surface area contributed by atoms with E-state index >= 15 is 0 Å². The van der Waals surface area contributed by atoms with Crippen molar-refractivity contribution in [2.75, 3.05) is 13.1 Å². The quantitative estimate of drug-likeness (QED) is 0.740. The number of hydrogen-bond acceptors (Lipinski definition) is 3. The number of nitrogens with one attached hydrogen (secondary N) is 1. The van der Waals surface area contributed by atoms with Gasteiger partial charge in [0.25, 0.3) is 0 Å². The van der Waals surface area contributed by atoms with Crippen molar-refractivity contribution in [2.45, 2.75) is 83.3 Å². The van der Waals surface area contributed by atoms with Crippen LogP contribution in [0, 0.1) is 17.2 Å². The van der Waals surface area contributed by atoms with E-state index in [0.717, 1.165) is 31.2 Å². The Labute approximate surface area is 124 Å². The lowest BCUT2D eigenvalue weighted by atomic mass is 9.91. The summed E-state index contributed by atoms with van der Waals surface area (Å²) in [6.45, 7) is 9.24. The Bertz CT molecular complexity index is 343. The zero-order chi connectivity index (χ0) is 14.6. The summed E-state index contributed by atoms with van der Waals surface area (Å²) in [6.07, 6.45) is 8.28. The highest BCUT2D eigenvalue weighted by molar-refractivity contribution is 5.09. The van der Waals surface area contributed by atoms with Gasteiger partial charge in [0.15, 0.2) is 0 Å².